The van der Waals surface area contributed by atoms with Gasteiger partial charge >= 0.3 is 0 Å². The number of carbonyl (C=O) groups is 1. The Hall–Kier alpha value is -1.45. The van der Waals surface area contributed by atoms with Crippen molar-refractivity contribution in [3.63, 3.8) is 0 Å². The largest absolute Gasteiger partial charge is 0.296 e. The molecular formula is C12H6Cl2FNO. The molecule has 1 aromatic heterocycles. The minimum Gasteiger partial charge on any atom is -0.296 e. The fraction of sp³-hybridized carbons (Fsp3) is 0. The van der Waals surface area contributed by atoms with Crippen LogP contribution in [0.15, 0.2) is 30.5 Å². The Labute approximate surface area is 107 Å². The number of hydrogen-bond donors (Lipinski definition) is 0. The van der Waals surface area contributed by atoms with Crippen LogP contribution < -0.4 is 0 Å². The normalized spacial score (nSPS) is 10.3. The predicted molar refractivity (Wildman–Crippen MR) is 65.0 cm³/mol. The highest BCUT2D eigenvalue weighted by Crippen LogP contribution is 2.28. The van der Waals surface area contributed by atoms with Gasteiger partial charge in [-0.05, 0) is 23.8 Å². The molecule has 0 unspecified atom stereocenters. The second-order valence-corrected chi connectivity index (χ2v) is 4.15. The summed E-state index contributed by atoms with van der Waals surface area (Å²) in [6, 6.07) is 6.16. The van der Waals surface area contributed by atoms with E-state index in [9.17, 15) is 9.18 Å². The van der Waals surface area contributed by atoms with Crippen LogP contribution in [0.2, 0.25) is 10.0 Å². The quantitative estimate of drug-likeness (QED) is 0.772. The first-order valence-corrected chi connectivity index (χ1v) is 5.43. The van der Waals surface area contributed by atoms with Gasteiger partial charge in [-0.1, -0.05) is 29.3 Å². The standard InChI is InChI=1S/C12H6Cl2FNO/c13-9-2-1-7(3-10(9)14)8-4-11(15)12(6-17)16-5-8/h1-6H. The molecule has 0 N–H and O–H groups in total. The Morgan fingerprint density at radius 2 is 1.88 bits per heavy atom. The molecule has 0 amide bonds. The second kappa shape index (κ2) is 4.82. The lowest BCUT2D eigenvalue weighted by Gasteiger charge is -2.04. The summed E-state index contributed by atoms with van der Waals surface area (Å²) in [5, 5.41) is 0.803. The number of hydrogen-bond acceptors (Lipinski definition) is 2. The Morgan fingerprint density at radius 1 is 1.12 bits per heavy atom. The Kier molecular flexibility index (Phi) is 3.41. The van der Waals surface area contributed by atoms with Crippen LogP contribution >= 0.6 is 23.2 Å². The number of pyridine rings is 1. The zero-order valence-corrected chi connectivity index (χ0v) is 9.97. The van der Waals surface area contributed by atoms with E-state index in [1.165, 1.54) is 12.3 Å². The zero-order valence-electron chi connectivity index (χ0n) is 8.45. The molecular weight excluding hydrogens is 264 g/mol. The summed E-state index contributed by atoms with van der Waals surface area (Å²) in [6.45, 7) is 0. The third-order valence-corrected chi connectivity index (χ3v) is 2.97. The minimum atomic E-state index is -0.663. The summed E-state index contributed by atoms with van der Waals surface area (Å²) in [7, 11) is 0. The molecule has 0 atom stereocenters. The number of halogens is 3. The molecule has 0 radical (unpaired) electrons. The van der Waals surface area contributed by atoms with E-state index in [2.05, 4.69) is 4.98 Å². The van der Waals surface area contributed by atoms with E-state index in [4.69, 9.17) is 23.2 Å². The first-order chi connectivity index (χ1) is 8.11. The highest BCUT2D eigenvalue weighted by atomic mass is 35.5. The number of rotatable bonds is 2. The summed E-state index contributed by atoms with van der Waals surface area (Å²) >= 11 is 11.6. The second-order valence-electron chi connectivity index (χ2n) is 3.34. The molecule has 5 heteroatoms. The van der Waals surface area contributed by atoms with Crippen molar-refractivity contribution in [3.05, 3.63) is 52.0 Å². The van der Waals surface area contributed by atoms with Crippen molar-refractivity contribution in [2.75, 3.05) is 0 Å². The summed E-state index contributed by atoms with van der Waals surface area (Å²) in [5.74, 6) is -0.663. The van der Waals surface area contributed by atoms with E-state index in [-0.39, 0.29) is 5.69 Å². The van der Waals surface area contributed by atoms with Crippen LogP contribution in [0.25, 0.3) is 11.1 Å². The molecule has 0 saturated heterocycles. The number of aldehydes is 1. The monoisotopic (exact) mass is 269 g/mol. The topological polar surface area (TPSA) is 30.0 Å². The van der Waals surface area contributed by atoms with Gasteiger partial charge in [-0.15, -0.1) is 0 Å². The van der Waals surface area contributed by atoms with Gasteiger partial charge in [-0.25, -0.2) is 9.37 Å². The SMILES string of the molecule is O=Cc1ncc(-c2ccc(Cl)c(Cl)c2)cc1F. The van der Waals surface area contributed by atoms with Crippen molar-refractivity contribution in [2.24, 2.45) is 0 Å². The molecule has 2 nitrogen and oxygen atoms in total. The molecule has 0 bridgehead atoms. The molecule has 0 saturated carbocycles. The van der Waals surface area contributed by atoms with Crippen molar-refractivity contribution in [1.29, 1.82) is 0 Å². The Morgan fingerprint density at radius 3 is 2.47 bits per heavy atom. The Bertz CT molecular complexity index is 587. The molecule has 2 aromatic rings. The third-order valence-electron chi connectivity index (χ3n) is 2.23. The first kappa shape index (κ1) is 12.0. The van der Waals surface area contributed by atoms with E-state index < -0.39 is 5.82 Å². The van der Waals surface area contributed by atoms with Gasteiger partial charge in [0.25, 0.3) is 0 Å². The Balaban J connectivity index is 2.49. The van der Waals surface area contributed by atoms with Crippen molar-refractivity contribution in [1.82, 2.24) is 4.98 Å². The summed E-state index contributed by atoms with van der Waals surface area (Å²) in [4.78, 5) is 14.1. The first-order valence-electron chi connectivity index (χ1n) is 4.68. The van der Waals surface area contributed by atoms with Crippen LogP contribution in [0.5, 0.6) is 0 Å². The number of carbonyl (C=O) groups excluding carboxylic acids is 1. The smallest absolute Gasteiger partial charge is 0.171 e. The van der Waals surface area contributed by atoms with Gasteiger partial charge in [0, 0.05) is 11.8 Å². The fourth-order valence-corrected chi connectivity index (χ4v) is 1.67. The van der Waals surface area contributed by atoms with Crippen LogP contribution in [0.1, 0.15) is 10.5 Å². The molecule has 0 spiro atoms. The van der Waals surface area contributed by atoms with Crippen LogP contribution in [-0.2, 0) is 0 Å². The van der Waals surface area contributed by atoms with Crippen LogP contribution in [0.4, 0.5) is 4.39 Å². The maximum atomic E-state index is 13.4. The van der Waals surface area contributed by atoms with E-state index >= 15 is 0 Å². The van der Waals surface area contributed by atoms with Gasteiger partial charge in [0.05, 0.1) is 10.0 Å². The van der Waals surface area contributed by atoms with Crippen molar-refractivity contribution < 1.29 is 9.18 Å². The van der Waals surface area contributed by atoms with Gasteiger partial charge in [0.15, 0.2) is 12.1 Å². The average molecular weight is 270 g/mol. The van der Waals surface area contributed by atoms with E-state index in [0.717, 1.165) is 0 Å². The average Bonchev–Trinajstić information content (AvgIpc) is 2.32. The molecule has 0 aliphatic heterocycles. The van der Waals surface area contributed by atoms with Crippen LogP contribution in [0, 0.1) is 5.82 Å². The van der Waals surface area contributed by atoms with Crippen molar-refractivity contribution >= 4 is 29.5 Å². The zero-order chi connectivity index (χ0) is 12.4. The molecule has 17 heavy (non-hydrogen) atoms. The highest BCUT2D eigenvalue weighted by molar-refractivity contribution is 6.42. The highest BCUT2D eigenvalue weighted by Gasteiger charge is 2.07. The number of nitrogens with zero attached hydrogens (tertiary/aromatic N) is 1. The lowest BCUT2D eigenvalue weighted by Crippen LogP contribution is -1.93. The maximum Gasteiger partial charge on any atom is 0.171 e. The molecule has 0 fully saturated rings. The number of benzene rings is 1. The fourth-order valence-electron chi connectivity index (χ4n) is 1.37. The van der Waals surface area contributed by atoms with Gasteiger partial charge in [0.1, 0.15) is 5.69 Å². The van der Waals surface area contributed by atoms with Crippen molar-refractivity contribution in [3.8, 4) is 11.1 Å². The molecule has 2 rings (SSSR count). The third kappa shape index (κ3) is 2.46. The number of aromatic nitrogens is 1. The lowest BCUT2D eigenvalue weighted by atomic mass is 10.1. The van der Waals surface area contributed by atoms with Crippen LogP contribution in [-0.4, -0.2) is 11.3 Å². The van der Waals surface area contributed by atoms with E-state index in [1.54, 1.807) is 18.2 Å². The van der Waals surface area contributed by atoms with E-state index in [1.807, 2.05) is 0 Å². The minimum absolute atomic E-state index is 0.214. The summed E-state index contributed by atoms with van der Waals surface area (Å²) < 4.78 is 13.4. The maximum absolute atomic E-state index is 13.4. The molecule has 1 aromatic carbocycles. The molecule has 86 valence electrons. The van der Waals surface area contributed by atoms with Gasteiger partial charge < -0.3 is 0 Å². The molecule has 0 aliphatic carbocycles. The lowest BCUT2D eigenvalue weighted by molar-refractivity contribution is 0.111. The molecule has 0 aliphatic rings. The van der Waals surface area contributed by atoms with Crippen molar-refractivity contribution in [2.45, 2.75) is 0 Å². The van der Waals surface area contributed by atoms with E-state index in [0.29, 0.717) is 27.5 Å². The van der Waals surface area contributed by atoms with Gasteiger partial charge in [-0.3, -0.25) is 4.79 Å². The molecule has 1 heterocycles. The summed E-state index contributed by atoms with van der Waals surface area (Å²) in [5.41, 5.74) is 1.00. The van der Waals surface area contributed by atoms with Gasteiger partial charge in [0.2, 0.25) is 0 Å². The van der Waals surface area contributed by atoms with Crippen LogP contribution in [0.3, 0.4) is 0 Å². The predicted octanol–water partition coefficient (Wildman–Crippen LogP) is 4.01. The summed E-state index contributed by atoms with van der Waals surface area (Å²) in [6.07, 6.45) is 1.78. The van der Waals surface area contributed by atoms with Gasteiger partial charge in [-0.2, -0.15) is 0 Å².